The number of benzene rings is 2. The molecule has 0 saturated carbocycles. The van der Waals surface area contributed by atoms with Gasteiger partial charge in [-0.05, 0) is 29.8 Å². The van der Waals surface area contributed by atoms with Crippen LogP contribution < -0.4 is 10.6 Å². The Morgan fingerprint density at radius 3 is 2.59 bits per heavy atom. The number of nitrogens with one attached hydrogen (secondary N) is 2. The molecule has 176 valence electrons. The average molecular weight is 537 g/mol. The topological polar surface area (TPSA) is 88.9 Å². The number of halogens is 3. The van der Waals surface area contributed by atoms with Crippen LogP contribution in [0.1, 0.15) is 11.4 Å². The van der Waals surface area contributed by atoms with E-state index in [4.69, 9.17) is 34.8 Å². The number of aromatic nitrogens is 3. The predicted octanol–water partition coefficient (Wildman–Crippen LogP) is 5.48. The molecule has 0 atom stereocenters. The molecule has 2 aromatic carbocycles. The number of hydrogen-bond donors (Lipinski definition) is 2. The van der Waals surface area contributed by atoms with Gasteiger partial charge < -0.3 is 15.2 Å². The Hall–Kier alpha value is -2.78. The molecule has 0 aliphatic rings. The third kappa shape index (κ3) is 7.11. The summed E-state index contributed by atoms with van der Waals surface area (Å²) in [6.07, 6.45) is 4.72. The standard InChI is InChI=1S/C23H20Cl3N5O2S/c1-2-12-31-19(13-27-20(32)11-10-15-6-3-4-7-16(15)24)29-30-23(31)34-14-21(33)28-18-9-5-8-17(25)22(18)26/h2-11H,1,12-14H2,(H,27,32)(H,28,33). The first-order valence-corrected chi connectivity index (χ1v) is 12.1. The highest BCUT2D eigenvalue weighted by Crippen LogP contribution is 2.29. The maximum absolute atomic E-state index is 12.4. The summed E-state index contributed by atoms with van der Waals surface area (Å²) in [6, 6.07) is 12.2. The molecule has 0 unspecified atom stereocenters. The number of nitrogens with zero attached hydrogens (tertiary/aromatic N) is 3. The summed E-state index contributed by atoms with van der Waals surface area (Å²) in [5, 5.41) is 15.5. The van der Waals surface area contributed by atoms with E-state index in [-0.39, 0.29) is 29.1 Å². The monoisotopic (exact) mass is 535 g/mol. The molecule has 2 amide bonds. The third-order valence-corrected chi connectivity index (χ3v) is 6.53. The minimum Gasteiger partial charge on any atom is -0.345 e. The molecule has 3 aromatic rings. The number of carbonyl (C=O) groups is 2. The number of amides is 2. The first-order chi connectivity index (χ1) is 16.4. The van der Waals surface area contributed by atoms with Crippen LogP contribution in [0, 0.1) is 0 Å². The first kappa shape index (κ1) is 25.8. The summed E-state index contributed by atoms with van der Waals surface area (Å²) < 4.78 is 1.77. The van der Waals surface area contributed by atoms with Gasteiger partial charge in [-0.2, -0.15) is 0 Å². The fraction of sp³-hybridized carbons (Fsp3) is 0.130. The van der Waals surface area contributed by atoms with Crippen molar-refractivity contribution in [2.75, 3.05) is 11.1 Å². The Morgan fingerprint density at radius 1 is 1.06 bits per heavy atom. The molecule has 3 rings (SSSR count). The van der Waals surface area contributed by atoms with Gasteiger partial charge in [0.15, 0.2) is 11.0 Å². The zero-order chi connectivity index (χ0) is 24.5. The highest BCUT2D eigenvalue weighted by atomic mass is 35.5. The van der Waals surface area contributed by atoms with Crippen LogP contribution in [-0.4, -0.2) is 32.3 Å². The molecule has 7 nitrogen and oxygen atoms in total. The normalized spacial score (nSPS) is 10.9. The van der Waals surface area contributed by atoms with E-state index in [0.29, 0.717) is 33.3 Å². The lowest BCUT2D eigenvalue weighted by atomic mass is 10.2. The van der Waals surface area contributed by atoms with Crippen LogP contribution in [-0.2, 0) is 22.7 Å². The Balaban J connectivity index is 1.58. The molecule has 34 heavy (non-hydrogen) atoms. The van der Waals surface area contributed by atoms with Gasteiger partial charge in [-0.15, -0.1) is 16.8 Å². The van der Waals surface area contributed by atoms with Crippen LogP contribution >= 0.6 is 46.6 Å². The fourth-order valence-corrected chi connectivity index (χ4v) is 4.10. The maximum Gasteiger partial charge on any atom is 0.244 e. The predicted molar refractivity (Wildman–Crippen MR) is 138 cm³/mol. The van der Waals surface area contributed by atoms with Crippen LogP contribution in [0.4, 0.5) is 5.69 Å². The zero-order valence-electron chi connectivity index (χ0n) is 17.8. The Kier molecular flexibility index (Phi) is 9.59. The number of allylic oxidation sites excluding steroid dienone is 1. The average Bonchev–Trinajstić information content (AvgIpc) is 3.20. The van der Waals surface area contributed by atoms with E-state index in [9.17, 15) is 9.59 Å². The molecule has 0 aliphatic heterocycles. The first-order valence-electron chi connectivity index (χ1n) is 9.99. The summed E-state index contributed by atoms with van der Waals surface area (Å²) >= 11 is 19.4. The fourth-order valence-electron chi connectivity index (χ4n) is 2.79. The van der Waals surface area contributed by atoms with Crippen molar-refractivity contribution >= 4 is 70.1 Å². The van der Waals surface area contributed by atoms with Gasteiger partial charge in [-0.1, -0.05) is 76.9 Å². The van der Waals surface area contributed by atoms with Gasteiger partial charge in [0.2, 0.25) is 11.8 Å². The van der Waals surface area contributed by atoms with E-state index in [1.54, 1.807) is 41.0 Å². The molecule has 2 N–H and O–H groups in total. The smallest absolute Gasteiger partial charge is 0.244 e. The van der Waals surface area contributed by atoms with Crippen LogP contribution in [0.3, 0.4) is 0 Å². The van der Waals surface area contributed by atoms with Crippen molar-refractivity contribution in [2.24, 2.45) is 0 Å². The van der Waals surface area contributed by atoms with Crippen LogP contribution in [0.15, 0.2) is 66.4 Å². The second-order valence-corrected chi connectivity index (χ2v) is 8.94. The van der Waals surface area contributed by atoms with E-state index in [1.807, 2.05) is 18.2 Å². The molecule has 0 spiro atoms. The van der Waals surface area contributed by atoms with Crippen molar-refractivity contribution in [1.82, 2.24) is 20.1 Å². The summed E-state index contributed by atoms with van der Waals surface area (Å²) in [4.78, 5) is 24.6. The van der Waals surface area contributed by atoms with E-state index >= 15 is 0 Å². The Labute approximate surface area is 216 Å². The van der Waals surface area contributed by atoms with Gasteiger partial charge in [0, 0.05) is 17.6 Å². The van der Waals surface area contributed by atoms with Gasteiger partial charge in [-0.3, -0.25) is 9.59 Å². The SMILES string of the molecule is C=CCn1c(CNC(=O)C=Cc2ccccc2Cl)nnc1SCC(=O)Nc1cccc(Cl)c1Cl. The summed E-state index contributed by atoms with van der Waals surface area (Å²) in [5.74, 6) is 0.0209. The minimum absolute atomic E-state index is 0.0745. The minimum atomic E-state index is -0.306. The number of carbonyl (C=O) groups excluding carboxylic acids is 2. The second kappa shape index (κ2) is 12.6. The van der Waals surface area contributed by atoms with Crippen molar-refractivity contribution in [1.29, 1.82) is 0 Å². The van der Waals surface area contributed by atoms with E-state index in [2.05, 4.69) is 27.4 Å². The van der Waals surface area contributed by atoms with E-state index < -0.39 is 0 Å². The lowest BCUT2D eigenvalue weighted by Crippen LogP contribution is -2.23. The van der Waals surface area contributed by atoms with Gasteiger partial charge in [-0.25, -0.2) is 0 Å². The molecule has 0 aliphatic carbocycles. The molecule has 1 aromatic heterocycles. The van der Waals surface area contributed by atoms with Crippen LogP contribution in [0.5, 0.6) is 0 Å². The second-order valence-electron chi connectivity index (χ2n) is 6.81. The van der Waals surface area contributed by atoms with Gasteiger partial charge in [0.25, 0.3) is 0 Å². The third-order valence-electron chi connectivity index (χ3n) is 4.40. The molecule has 11 heteroatoms. The highest BCUT2D eigenvalue weighted by Gasteiger charge is 2.15. The van der Waals surface area contributed by atoms with Gasteiger partial charge in [0.1, 0.15) is 0 Å². The van der Waals surface area contributed by atoms with Crippen LogP contribution in [0.25, 0.3) is 6.08 Å². The van der Waals surface area contributed by atoms with Crippen LogP contribution in [0.2, 0.25) is 15.1 Å². The molecule has 1 heterocycles. The highest BCUT2D eigenvalue weighted by molar-refractivity contribution is 7.99. The van der Waals surface area contributed by atoms with Crippen molar-refractivity contribution in [3.05, 3.63) is 87.7 Å². The van der Waals surface area contributed by atoms with Crippen molar-refractivity contribution in [2.45, 2.75) is 18.2 Å². The lowest BCUT2D eigenvalue weighted by Gasteiger charge is -2.09. The molecule has 0 radical (unpaired) electrons. The zero-order valence-corrected chi connectivity index (χ0v) is 20.9. The molecule has 0 fully saturated rings. The van der Waals surface area contributed by atoms with Gasteiger partial charge >= 0.3 is 0 Å². The number of hydrogen-bond acceptors (Lipinski definition) is 5. The summed E-state index contributed by atoms with van der Waals surface area (Å²) in [7, 11) is 0. The molecular weight excluding hydrogens is 517 g/mol. The van der Waals surface area contributed by atoms with Crippen molar-refractivity contribution < 1.29 is 9.59 Å². The molecule has 0 saturated heterocycles. The maximum atomic E-state index is 12.4. The summed E-state index contributed by atoms with van der Waals surface area (Å²) in [6.45, 7) is 4.31. The van der Waals surface area contributed by atoms with Crippen molar-refractivity contribution in [3.8, 4) is 0 Å². The quantitative estimate of drug-likeness (QED) is 0.203. The van der Waals surface area contributed by atoms with E-state index in [0.717, 1.165) is 5.56 Å². The Bertz CT molecular complexity index is 1230. The van der Waals surface area contributed by atoms with Crippen molar-refractivity contribution in [3.63, 3.8) is 0 Å². The largest absolute Gasteiger partial charge is 0.345 e. The number of rotatable bonds is 10. The molecule has 0 bridgehead atoms. The van der Waals surface area contributed by atoms with Gasteiger partial charge in [0.05, 0.1) is 28.0 Å². The van der Waals surface area contributed by atoms with E-state index in [1.165, 1.54) is 17.8 Å². The summed E-state index contributed by atoms with van der Waals surface area (Å²) in [5.41, 5.74) is 1.17. The Morgan fingerprint density at radius 2 is 1.82 bits per heavy atom. The molecular formula is C23H20Cl3N5O2S. The number of thioether (sulfide) groups is 1. The lowest BCUT2D eigenvalue weighted by molar-refractivity contribution is -0.116. The number of anilines is 1.